The molecule has 0 spiro atoms. The Morgan fingerprint density at radius 3 is 3.00 bits per heavy atom. The van der Waals surface area contributed by atoms with Crippen molar-refractivity contribution in [2.24, 2.45) is 5.92 Å². The van der Waals surface area contributed by atoms with Crippen LogP contribution >= 0.6 is 11.6 Å². The molecule has 20 heavy (non-hydrogen) atoms. The lowest BCUT2D eigenvalue weighted by Crippen LogP contribution is -2.40. The first-order valence-corrected chi connectivity index (χ1v) is 7.52. The van der Waals surface area contributed by atoms with Crippen molar-refractivity contribution in [2.45, 2.75) is 32.7 Å². The van der Waals surface area contributed by atoms with E-state index in [1.807, 2.05) is 0 Å². The number of nitriles is 1. The molecular formula is C15H21ClN4. The number of pyridine rings is 1. The van der Waals surface area contributed by atoms with Gasteiger partial charge in [-0.05, 0) is 31.4 Å². The van der Waals surface area contributed by atoms with Gasteiger partial charge in [-0.15, -0.1) is 0 Å². The summed E-state index contributed by atoms with van der Waals surface area (Å²) in [6.07, 6.45) is 4.07. The quantitative estimate of drug-likeness (QED) is 0.907. The average molecular weight is 293 g/mol. The zero-order chi connectivity index (χ0) is 14.5. The van der Waals surface area contributed by atoms with Gasteiger partial charge in [0.15, 0.2) is 0 Å². The third-order valence-corrected chi connectivity index (χ3v) is 3.85. The molecule has 0 aromatic carbocycles. The van der Waals surface area contributed by atoms with Crippen molar-refractivity contribution in [1.29, 1.82) is 5.26 Å². The molecule has 1 aliphatic heterocycles. The number of rotatable bonds is 5. The van der Waals surface area contributed by atoms with E-state index in [2.05, 4.69) is 35.1 Å². The molecule has 0 amide bonds. The molecule has 1 N–H and O–H groups in total. The SMILES string of the molecule is CC(C)CN(CC1CCCN1)c1nccc(C#N)c1Cl. The second kappa shape index (κ2) is 6.92. The number of nitrogens with zero attached hydrogens (tertiary/aromatic N) is 3. The molecule has 1 aromatic rings. The number of hydrogen-bond acceptors (Lipinski definition) is 4. The van der Waals surface area contributed by atoms with Crippen LogP contribution in [0.5, 0.6) is 0 Å². The molecule has 0 bridgehead atoms. The van der Waals surface area contributed by atoms with Gasteiger partial charge in [-0.25, -0.2) is 4.98 Å². The summed E-state index contributed by atoms with van der Waals surface area (Å²) in [5.41, 5.74) is 0.491. The minimum atomic E-state index is 0.466. The highest BCUT2D eigenvalue weighted by Gasteiger charge is 2.22. The number of hydrogen-bond donors (Lipinski definition) is 1. The van der Waals surface area contributed by atoms with Crippen LogP contribution in [0.1, 0.15) is 32.3 Å². The van der Waals surface area contributed by atoms with Gasteiger partial charge >= 0.3 is 0 Å². The van der Waals surface area contributed by atoms with Gasteiger partial charge in [0.1, 0.15) is 16.9 Å². The van der Waals surface area contributed by atoms with E-state index in [0.717, 1.165) is 25.5 Å². The molecule has 2 rings (SSSR count). The largest absolute Gasteiger partial charge is 0.354 e. The second-order valence-corrected chi connectivity index (χ2v) is 6.08. The van der Waals surface area contributed by atoms with Gasteiger partial charge in [0, 0.05) is 25.3 Å². The van der Waals surface area contributed by atoms with Gasteiger partial charge in [0.05, 0.1) is 5.56 Å². The minimum absolute atomic E-state index is 0.466. The molecule has 0 aliphatic carbocycles. The molecule has 1 atom stereocenters. The average Bonchev–Trinajstić information content (AvgIpc) is 2.90. The number of anilines is 1. The van der Waals surface area contributed by atoms with Crippen LogP contribution in [0.2, 0.25) is 5.02 Å². The fourth-order valence-corrected chi connectivity index (χ4v) is 2.88. The van der Waals surface area contributed by atoms with Crippen LogP contribution in [0.25, 0.3) is 0 Å². The standard InChI is InChI=1S/C15H21ClN4/c1-11(2)9-20(10-13-4-3-6-18-13)15-14(16)12(8-17)5-7-19-15/h5,7,11,13,18H,3-4,6,9-10H2,1-2H3. The molecule has 1 unspecified atom stereocenters. The van der Waals surface area contributed by atoms with E-state index in [4.69, 9.17) is 16.9 Å². The molecule has 1 aromatic heterocycles. The van der Waals surface area contributed by atoms with E-state index < -0.39 is 0 Å². The van der Waals surface area contributed by atoms with E-state index in [-0.39, 0.29) is 0 Å². The topological polar surface area (TPSA) is 52.0 Å². The van der Waals surface area contributed by atoms with Crippen LogP contribution in [-0.2, 0) is 0 Å². The lowest BCUT2D eigenvalue weighted by atomic mass is 10.1. The van der Waals surface area contributed by atoms with Crippen LogP contribution in [0.4, 0.5) is 5.82 Å². The summed E-state index contributed by atoms with van der Waals surface area (Å²) < 4.78 is 0. The Kier molecular flexibility index (Phi) is 5.22. The summed E-state index contributed by atoms with van der Waals surface area (Å²) in [5, 5.41) is 13.1. The van der Waals surface area contributed by atoms with E-state index in [0.29, 0.717) is 22.5 Å². The van der Waals surface area contributed by atoms with Crippen LogP contribution in [-0.4, -0.2) is 30.7 Å². The van der Waals surface area contributed by atoms with E-state index >= 15 is 0 Å². The Labute approximate surface area is 125 Å². The first-order chi connectivity index (χ1) is 9.61. The summed E-state index contributed by atoms with van der Waals surface area (Å²) >= 11 is 6.33. The van der Waals surface area contributed by atoms with Gasteiger partial charge < -0.3 is 10.2 Å². The van der Waals surface area contributed by atoms with E-state index in [1.54, 1.807) is 12.3 Å². The summed E-state index contributed by atoms with van der Waals surface area (Å²) in [7, 11) is 0. The van der Waals surface area contributed by atoms with Crippen molar-refractivity contribution in [1.82, 2.24) is 10.3 Å². The lowest BCUT2D eigenvalue weighted by Gasteiger charge is -2.29. The molecule has 1 fully saturated rings. The van der Waals surface area contributed by atoms with E-state index in [1.165, 1.54) is 12.8 Å². The Bertz CT molecular complexity index is 489. The lowest BCUT2D eigenvalue weighted by molar-refractivity contribution is 0.537. The highest BCUT2D eigenvalue weighted by molar-refractivity contribution is 6.34. The molecule has 108 valence electrons. The number of nitrogens with one attached hydrogen (secondary N) is 1. The van der Waals surface area contributed by atoms with Crippen molar-refractivity contribution in [3.05, 3.63) is 22.8 Å². The van der Waals surface area contributed by atoms with Crippen LogP contribution in [0.15, 0.2) is 12.3 Å². The highest BCUT2D eigenvalue weighted by atomic mass is 35.5. The maximum absolute atomic E-state index is 9.10. The molecule has 0 radical (unpaired) electrons. The summed E-state index contributed by atoms with van der Waals surface area (Å²) in [4.78, 5) is 6.60. The zero-order valence-corrected chi connectivity index (χ0v) is 12.8. The summed E-state index contributed by atoms with van der Waals surface area (Å²) in [6.45, 7) is 7.22. The first-order valence-electron chi connectivity index (χ1n) is 7.14. The Morgan fingerprint density at radius 1 is 1.60 bits per heavy atom. The van der Waals surface area contributed by atoms with Crippen molar-refractivity contribution in [3.63, 3.8) is 0 Å². The first kappa shape index (κ1) is 15.1. The minimum Gasteiger partial charge on any atom is -0.354 e. The molecule has 1 aliphatic rings. The van der Waals surface area contributed by atoms with Gasteiger partial charge in [-0.3, -0.25) is 0 Å². The summed E-state index contributed by atoms with van der Waals surface area (Å²) in [6, 6.07) is 4.27. The predicted octanol–water partition coefficient (Wildman–Crippen LogP) is 2.82. The fourth-order valence-electron chi connectivity index (χ4n) is 2.61. The van der Waals surface area contributed by atoms with Crippen molar-refractivity contribution >= 4 is 17.4 Å². The normalized spacial score (nSPS) is 18.2. The van der Waals surface area contributed by atoms with Crippen molar-refractivity contribution in [2.75, 3.05) is 24.5 Å². The van der Waals surface area contributed by atoms with Gasteiger partial charge in [0.25, 0.3) is 0 Å². The van der Waals surface area contributed by atoms with Gasteiger partial charge in [-0.1, -0.05) is 25.4 Å². The Balaban J connectivity index is 2.23. The highest BCUT2D eigenvalue weighted by Crippen LogP contribution is 2.27. The molecule has 0 saturated carbocycles. The monoisotopic (exact) mass is 292 g/mol. The van der Waals surface area contributed by atoms with Crippen molar-refractivity contribution in [3.8, 4) is 6.07 Å². The zero-order valence-electron chi connectivity index (χ0n) is 12.1. The second-order valence-electron chi connectivity index (χ2n) is 5.70. The maximum atomic E-state index is 9.10. The maximum Gasteiger partial charge on any atom is 0.148 e. The van der Waals surface area contributed by atoms with Crippen LogP contribution in [0.3, 0.4) is 0 Å². The Hall–Kier alpha value is -1.31. The molecule has 2 heterocycles. The fraction of sp³-hybridized carbons (Fsp3) is 0.600. The predicted molar refractivity (Wildman–Crippen MR) is 82.0 cm³/mol. The molecule has 1 saturated heterocycles. The Morgan fingerprint density at radius 2 is 2.40 bits per heavy atom. The van der Waals surface area contributed by atoms with E-state index in [9.17, 15) is 0 Å². The molecular weight excluding hydrogens is 272 g/mol. The smallest absolute Gasteiger partial charge is 0.148 e. The molecule has 4 nitrogen and oxygen atoms in total. The van der Waals surface area contributed by atoms with Gasteiger partial charge in [-0.2, -0.15) is 5.26 Å². The van der Waals surface area contributed by atoms with Crippen molar-refractivity contribution < 1.29 is 0 Å². The van der Waals surface area contributed by atoms with Gasteiger partial charge in [0.2, 0.25) is 0 Å². The van der Waals surface area contributed by atoms with Crippen LogP contribution < -0.4 is 10.2 Å². The number of aromatic nitrogens is 1. The third-order valence-electron chi connectivity index (χ3n) is 3.48. The third kappa shape index (κ3) is 3.62. The molecule has 5 heteroatoms. The number of halogens is 1. The summed E-state index contributed by atoms with van der Waals surface area (Å²) in [5.74, 6) is 1.24. The van der Waals surface area contributed by atoms with Crippen LogP contribution in [0, 0.1) is 17.2 Å².